The second kappa shape index (κ2) is 6.50. The van der Waals surface area contributed by atoms with Crippen molar-refractivity contribution in [2.45, 2.75) is 6.42 Å². The van der Waals surface area contributed by atoms with E-state index in [1.807, 2.05) is 0 Å². The molecule has 5 heteroatoms. The van der Waals surface area contributed by atoms with Gasteiger partial charge >= 0.3 is 0 Å². The molecule has 0 saturated heterocycles. The molecule has 3 N–H and O–H groups in total. The zero-order valence-electron chi connectivity index (χ0n) is 9.13. The van der Waals surface area contributed by atoms with Gasteiger partial charge in [0.1, 0.15) is 0 Å². The number of hydrogen-bond acceptors (Lipinski definition) is 3. The highest BCUT2D eigenvalue weighted by atomic mass is 79.9. The van der Waals surface area contributed by atoms with Crippen LogP contribution in [0.4, 0.5) is 5.69 Å². The first-order valence-electron chi connectivity index (χ1n) is 4.96. The van der Waals surface area contributed by atoms with E-state index in [2.05, 4.69) is 21.2 Å². The van der Waals surface area contributed by atoms with Gasteiger partial charge in [0.25, 0.3) is 5.91 Å². The smallest absolute Gasteiger partial charge is 0.251 e. The molecular weight excluding hydrogens is 272 g/mol. The van der Waals surface area contributed by atoms with Gasteiger partial charge in [-0.15, -0.1) is 0 Å². The monoisotopic (exact) mass is 286 g/mol. The van der Waals surface area contributed by atoms with Crippen LogP contribution in [-0.2, 0) is 4.74 Å². The number of methoxy groups -OCH3 is 1. The van der Waals surface area contributed by atoms with Crippen LogP contribution in [0.2, 0.25) is 0 Å². The van der Waals surface area contributed by atoms with Gasteiger partial charge in [0.2, 0.25) is 0 Å². The number of carbonyl (C=O) groups excluding carboxylic acids is 1. The standard InChI is InChI=1S/C11H15BrN2O2/c1-16-4-2-3-14-11(15)8-5-9(12)7-10(13)6-8/h5-7H,2-4,13H2,1H3,(H,14,15). The molecule has 0 saturated carbocycles. The van der Waals surface area contributed by atoms with Crippen LogP contribution in [0.25, 0.3) is 0 Å². The molecule has 0 radical (unpaired) electrons. The Hall–Kier alpha value is -1.07. The maximum Gasteiger partial charge on any atom is 0.251 e. The molecule has 88 valence electrons. The minimum absolute atomic E-state index is 0.121. The van der Waals surface area contributed by atoms with Crippen LogP contribution in [0.1, 0.15) is 16.8 Å². The minimum atomic E-state index is -0.121. The number of nitrogen functional groups attached to an aromatic ring is 1. The van der Waals surface area contributed by atoms with Crippen molar-refractivity contribution < 1.29 is 9.53 Å². The fourth-order valence-electron chi connectivity index (χ4n) is 1.26. The van der Waals surface area contributed by atoms with E-state index in [1.54, 1.807) is 25.3 Å². The van der Waals surface area contributed by atoms with Gasteiger partial charge in [0, 0.05) is 36.0 Å². The van der Waals surface area contributed by atoms with E-state index in [4.69, 9.17) is 10.5 Å². The molecule has 1 aromatic carbocycles. The fraction of sp³-hybridized carbons (Fsp3) is 0.364. The second-order valence-corrected chi connectivity index (χ2v) is 4.29. The summed E-state index contributed by atoms with van der Waals surface area (Å²) in [7, 11) is 1.64. The summed E-state index contributed by atoms with van der Waals surface area (Å²) < 4.78 is 5.69. The van der Waals surface area contributed by atoms with Crippen molar-refractivity contribution in [2.75, 3.05) is 26.0 Å². The second-order valence-electron chi connectivity index (χ2n) is 3.38. The molecule has 0 unspecified atom stereocenters. The van der Waals surface area contributed by atoms with Crippen molar-refractivity contribution in [3.05, 3.63) is 28.2 Å². The van der Waals surface area contributed by atoms with Gasteiger partial charge in [-0.1, -0.05) is 15.9 Å². The Morgan fingerprint density at radius 2 is 2.25 bits per heavy atom. The Balaban J connectivity index is 2.52. The van der Waals surface area contributed by atoms with Crippen molar-refractivity contribution >= 4 is 27.5 Å². The minimum Gasteiger partial charge on any atom is -0.399 e. The molecule has 0 aliphatic rings. The summed E-state index contributed by atoms with van der Waals surface area (Å²) >= 11 is 3.29. The highest BCUT2D eigenvalue weighted by Crippen LogP contribution is 2.17. The van der Waals surface area contributed by atoms with Crippen LogP contribution >= 0.6 is 15.9 Å². The third kappa shape index (κ3) is 4.20. The third-order valence-corrected chi connectivity index (χ3v) is 2.45. The van der Waals surface area contributed by atoms with E-state index in [1.165, 1.54) is 0 Å². The molecule has 0 spiro atoms. The fourth-order valence-corrected chi connectivity index (χ4v) is 1.77. The van der Waals surface area contributed by atoms with E-state index in [0.717, 1.165) is 10.9 Å². The molecule has 0 aliphatic heterocycles. The third-order valence-electron chi connectivity index (χ3n) is 1.99. The summed E-state index contributed by atoms with van der Waals surface area (Å²) in [5.74, 6) is -0.121. The predicted molar refractivity (Wildman–Crippen MR) is 67.4 cm³/mol. The van der Waals surface area contributed by atoms with Gasteiger partial charge in [-0.2, -0.15) is 0 Å². The maximum absolute atomic E-state index is 11.7. The number of nitrogens with two attached hydrogens (primary N) is 1. The highest BCUT2D eigenvalue weighted by molar-refractivity contribution is 9.10. The van der Waals surface area contributed by atoms with E-state index in [0.29, 0.717) is 24.4 Å². The van der Waals surface area contributed by atoms with E-state index in [-0.39, 0.29) is 5.91 Å². The highest BCUT2D eigenvalue weighted by Gasteiger charge is 2.06. The molecule has 0 aromatic heterocycles. The molecular formula is C11H15BrN2O2. The molecule has 0 atom stereocenters. The average molecular weight is 287 g/mol. The zero-order chi connectivity index (χ0) is 12.0. The van der Waals surface area contributed by atoms with Crippen LogP contribution in [0.5, 0.6) is 0 Å². The number of rotatable bonds is 5. The predicted octanol–water partition coefficient (Wildman–Crippen LogP) is 1.80. The first-order valence-corrected chi connectivity index (χ1v) is 5.76. The molecule has 0 heterocycles. The molecule has 1 rings (SSSR count). The Labute approximate surface area is 103 Å². The normalized spacial score (nSPS) is 10.1. The average Bonchev–Trinajstić information content (AvgIpc) is 2.22. The largest absolute Gasteiger partial charge is 0.399 e. The van der Waals surface area contributed by atoms with E-state index in [9.17, 15) is 4.79 Å². The Morgan fingerprint density at radius 3 is 2.88 bits per heavy atom. The lowest BCUT2D eigenvalue weighted by Crippen LogP contribution is -2.25. The Kier molecular flexibility index (Phi) is 5.28. The topological polar surface area (TPSA) is 64.3 Å². The number of anilines is 1. The number of benzene rings is 1. The van der Waals surface area contributed by atoms with Gasteiger partial charge in [-0.3, -0.25) is 4.79 Å². The van der Waals surface area contributed by atoms with E-state index >= 15 is 0 Å². The quantitative estimate of drug-likeness (QED) is 0.641. The van der Waals surface area contributed by atoms with Crippen molar-refractivity contribution in [3.63, 3.8) is 0 Å². The van der Waals surface area contributed by atoms with Crippen LogP contribution in [-0.4, -0.2) is 26.2 Å². The molecule has 0 bridgehead atoms. The molecule has 1 amide bonds. The van der Waals surface area contributed by atoms with Crippen LogP contribution in [0.15, 0.2) is 22.7 Å². The first kappa shape index (κ1) is 13.0. The van der Waals surface area contributed by atoms with Crippen LogP contribution in [0.3, 0.4) is 0 Å². The van der Waals surface area contributed by atoms with Crippen LogP contribution < -0.4 is 11.1 Å². The summed E-state index contributed by atoms with van der Waals surface area (Å²) in [6.07, 6.45) is 0.797. The molecule has 0 fully saturated rings. The summed E-state index contributed by atoms with van der Waals surface area (Å²) in [5.41, 5.74) is 6.77. The molecule has 1 aromatic rings. The van der Waals surface area contributed by atoms with Gasteiger partial charge in [-0.05, 0) is 24.6 Å². The SMILES string of the molecule is COCCCNC(=O)c1cc(N)cc(Br)c1. The van der Waals surface area contributed by atoms with Gasteiger partial charge in [0.05, 0.1) is 0 Å². The number of halogens is 1. The number of amides is 1. The van der Waals surface area contributed by atoms with Gasteiger partial charge in [0.15, 0.2) is 0 Å². The summed E-state index contributed by atoms with van der Waals surface area (Å²) in [6, 6.07) is 5.14. The Bertz CT molecular complexity index is 349. The summed E-state index contributed by atoms with van der Waals surface area (Å²) in [5, 5.41) is 2.79. The maximum atomic E-state index is 11.7. The molecule has 4 nitrogen and oxygen atoms in total. The Morgan fingerprint density at radius 1 is 1.50 bits per heavy atom. The zero-order valence-corrected chi connectivity index (χ0v) is 10.7. The lowest BCUT2D eigenvalue weighted by molar-refractivity contribution is 0.0948. The van der Waals surface area contributed by atoms with Crippen molar-refractivity contribution in [2.24, 2.45) is 0 Å². The number of ether oxygens (including phenoxy) is 1. The van der Waals surface area contributed by atoms with E-state index < -0.39 is 0 Å². The lowest BCUT2D eigenvalue weighted by atomic mass is 10.2. The molecule has 16 heavy (non-hydrogen) atoms. The lowest BCUT2D eigenvalue weighted by Gasteiger charge is -2.06. The summed E-state index contributed by atoms with van der Waals surface area (Å²) in [4.78, 5) is 11.7. The number of carbonyl (C=O) groups is 1. The van der Waals surface area contributed by atoms with Crippen molar-refractivity contribution in [3.8, 4) is 0 Å². The van der Waals surface area contributed by atoms with Crippen LogP contribution in [0, 0.1) is 0 Å². The first-order chi connectivity index (χ1) is 7.63. The van der Waals surface area contributed by atoms with Gasteiger partial charge < -0.3 is 15.8 Å². The number of hydrogen-bond donors (Lipinski definition) is 2. The number of nitrogens with one attached hydrogen (secondary N) is 1. The van der Waals surface area contributed by atoms with Crippen molar-refractivity contribution in [1.82, 2.24) is 5.32 Å². The van der Waals surface area contributed by atoms with Gasteiger partial charge in [-0.25, -0.2) is 0 Å². The molecule has 0 aliphatic carbocycles. The van der Waals surface area contributed by atoms with Crippen molar-refractivity contribution in [1.29, 1.82) is 0 Å². The summed E-state index contributed by atoms with van der Waals surface area (Å²) in [6.45, 7) is 1.24.